The van der Waals surface area contributed by atoms with Crippen LogP contribution in [-0.2, 0) is 14.3 Å². The second kappa shape index (κ2) is 10.9. The van der Waals surface area contributed by atoms with Gasteiger partial charge < -0.3 is 24.6 Å². The second-order valence-electron chi connectivity index (χ2n) is 8.47. The Bertz CT molecular complexity index is 1050. The molecule has 0 radical (unpaired) electrons. The van der Waals surface area contributed by atoms with E-state index in [-0.39, 0.29) is 18.4 Å². The maximum atomic E-state index is 13.3. The molecule has 2 amide bonds. The van der Waals surface area contributed by atoms with Gasteiger partial charge in [0.25, 0.3) is 5.91 Å². The Labute approximate surface area is 208 Å². The molecule has 0 spiro atoms. The average Bonchev–Trinajstić information content (AvgIpc) is 2.80. The fraction of sp³-hybridized carbons (Fsp3) is 0.400. The van der Waals surface area contributed by atoms with E-state index in [1.165, 1.54) is 0 Å². The van der Waals surface area contributed by atoms with Crippen LogP contribution in [0.4, 0.5) is 11.4 Å². The van der Waals surface area contributed by atoms with Gasteiger partial charge in [-0.1, -0.05) is 15.9 Å². The summed E-state index contributed by atoms with van der Waals surface area (Å²) in [6.45, 7) is 9.31. The summed E-state index contributed by atoms with van der Waals surface area (Å²) in [4.78, 5) is 41.2. The predicted octanol–water partition coefficient (Wildman–Crippen LogP) is 4.09. The van der Waals surface area contributed by atoms with E-state index in [1.807, 2.05) is 12.1 Å². The lowest BCUT2D eigenvalue weighted by molar-refractivity contribution is -0.129. The van der Waals surface area contributed by atoms with Crippen LogP contribution in [0.5, 0.6) is 5.75 Å². The summed E-state index contributed by atoms with van der Waals surface area (Å²) in [7, 11) is 0. The van der Waals surface area contributed by atoms with Crippen molar-refractivity contribution >= 4 is 45.1 Å². The number of hydrogen-bond donors (Lipinski definition) is 1. The van der Waals surface area contributed by atoms with Crippen LogP contribution in [0.2, 0.25) is 0 Å². The van der Waals surface area contributed by atoms with Crippen molar-refractivity contribution in [2.75, 3.05) is 43.0 Å². The minimum atomic E-state index is -1.18. The molecule has 0 atom stereocenters. The number of ether oxygens (including phenoxy) is 2. The normalized spacial score (nSPS) is 13.9. The zero-order valence-corrected chi connectivity index (χ0v) is 21.5. The van der Waals surface area contributed by atoms with Crippen molar-refractivity contribution < 1.29 is 23.9 Å². The predicted molar refractivity (Wildman–Crippen MR) is 134 cm³/mol. The summed E-state index contributed by atoms with van der Waals surface area (Å²) in [6.07, 6.45) is 0. The molecule has 34 heavy (non-hydrogen) atoms. The lowest BCUT2D eigenvalue weighted by atomic mass is 10.1. The molecule has 1 aliphatic heterocycles. The van der Waals surface area contributed by atoms with Crippen LogP contribution in [0.15, 0.2) is 46.9 Å². The van der Waals surface area contributed by atoms with E-state index in [0.717, 1.165) is 10.2 Å². The van der Waals surface area contributed by atoms with Crippen LogP contribution in [-0.4, -0.2) is 61.1 Å². The largest absolute Gasteiger partial charge is 0.478 e. The summed E-state index contributed by atoms with van der Waals surface area (Å²) in [5, 5.41) is 2.95. The summed E-state index contributed by atoms with van der Waals surface area (Å²) in [5.41, 5.74) is 0.413. The minimum Gasteiger partial charge on any atom is -0.478 e. The van der Waals surface area contributed by atoms with Gasteiger partial charge in [-0.2, -0.15) is 0 Å². The highest BCUT2D eigenvalue weighted by Gasteiger charge is 2.31. The van der Waals surface area contributed by atoms with Gasteiger partial charge in [-0.05, 0) is 63.2 Å². The topological polar surface area (TPSA) is 88.2 Å². The monoisotopic (exact) mass is 531 g/mol. The minimum absolute atomic E-state index is 0.0395. The Morgan fingerprint density at radius 3 is 2.26 bits per heavy atom. The summed E-state index contributed by atoms with van der Waals surface area (Å²) < 4.78 is 12.0. The van der Waals surface area contributed by atoms with Gasteiger partial charge in [0.2, 0.25) is 5.91 Å². The van der Waals surface area contributed by atoms with E-state index in [0.29, 0.717) is 43.2 Å². The summed E-state index contributed by atoms with van der Waals surface area (Å²) in [6, 6.07) is 12.3. The van der Waals surface area contributed by atoms with E-state index in [4.69, 9.17) is 9.47 Å². The lowest BCUT2D eigenvalue weighted by Crippen LogP contribution is -2.48. The van der Waals surface area contributed by atoms with Crippen molar-refractivity contribution in [3.63, 3.8) is 0 Å². The van der Waals surface area contributed by atoms with Crippen molar-refractivity contribution in [3.05, 3.63) is 52.5 Å². The molecule has 8 nitrogen and oxygen atoms in total. The Hall–Kier alpha value is -3.07. The number of hydrogen-bond acceptors (Lipinski definition) is 6. The molecule has 1 saturated heterocycles. The maximum absolute atomic E-state index is 13.3. The number of esters is 1. The molecular weight excluding hydrogens is 502 g/mol. The summed E-state index contributed by atoms with van der Waals surface area (Å²) >= 11 is 3.39. The number of carbonyl (C=O) groups is 3. The molecule has 2 aromatic rings. The first-order chi connectivity index (χ1) is 16.1. The van der Waals surface area contributed by atoms with Crippen molar-refractivity contribution in [2.45, 2.75) is 33.3 Å². The van der Waals surface area contributed by atoms with Crippen LogP contribution < -0.4 is 15.0 Å². The van der Waals surface area contributed by atoms with Crippen LogP contribution in [0.1, 0.15) is 38.1 Å². The van der Waals surface area contributed by atoms with Crippen molar-refractivity contribution in [3.8, 4) is 5.75 Å². The molecule has 1 N–H and O–H groups in total. The number of amides is 2. The van der Waals surface area contributed by atoms with Gasteiger partial charge in [0.1, 0.15) is 5.75 Å². The third kappa shape index (κ3) is 6.28. The zero-order valence-electron chi connectivity index (χ0n) is 19.9. The number of nitrogens with one attached hydrogen (secondary N) is 1. The molecule has 182 valence electrons. The number of anilines is 2. The van der Waals surface area contributed by atoms with Crippen molar-refractivity contribution in [1.82, 2.24) is 4.90 Å². The van der Waals surface area contributed by atoms with Gasteiger partial charge >= 0.3 is 5.97 Å². The molecule has 1 heterocycles. The standard InChI is InChI=1S/C25H30BrN3O5/c1-5-33-23(31)18-6-11-22(29-14-12-28(13-15-29)17(2)30)21(16-18)27-24(32)25(3,4)34-20-9-7-19(26)8-10-20/h6-11,16H,5,12-15H2,1-4H3,(H,27,32). The smallest absolute Gasteiger partial charge is 0.338 e. The van der Waals surface area contributed by atoms with Crippen molar-refractivity contribution in [2.24, 2.45) is 0 Å². The average molecular weight is 532 g/mol. The first-order valence-electron chi connectivity index (χ1n) is 11.2. The highest BCUT2D eigenvalue weighted by molar-refractivity contribution is 9.10. The van der Waals surface area contributed by atoms with E-state index < -0.39 is 11.6 Å². The SMILES string of the molecule is CCOC(=O)c1ccc(N2CCN(C(C)=O)CC2)c(NC(=O)C(C)(C)Oc2ccc(Br)cc2)c1. The van der Waals surface area contributed by atoms with Gasteiger partial charge in [0, 0.05) is 37.6 Å². The molecule has 1 fully saturated rings. The van der Waals surface area contributed by atoms with Gasteiger partial charge in [0.05, 0.1) is 23.5 Å². The highest BCUT2D eigenvalue weighted by atomic mass is 79.9. The first-order valence-corrected chi connectivity index (χ1v) is 12.0. The number of rotatable bonds is 7. The van der Waals surface area contributed by atoms with Crippen LogP contribution >= 0.6 is 15.9 Å². The molecule has 3 rings (SSSR count). The van der Waals surface area contributed by atoms with Crippen LogP contribution in [0, 0.1) is 0 Å². The Kier molecular flexibility index (Phi) is 8.19. The first kappa shape index (κ1) is 25.6. The fourth-order valence-electron chi connectivity index (χ4n) is 3.63. The third-order valence-corrected chi connectivity index (χ3v) is 6.08. The summed E-state index contributed by atoms with van der Waals surface area (Å²) in [5.74, 6) is -0.224. The van der Waals surface area contributed by atoms with Gasteiger partial charge in [0.15, 0.2) is 5.60 Å². The van der Waals surface area contributed by atoms with Crippen LogP contribution in [0.25, 0.3) is 0 Å². The van der Waals surface area contributed by atoms with E-state index in [9.17, 15) is 14.4 Å². The lowest BCUT2D eigenvalue weighted by Gasteiger charge is -2.37. The maximum Gasteiger partial charge on any atom is 0.338 e. The fourth-order valence-corrected chi connectivity index (χ4v) is 3.90. The number of piperazine rings is 1. The Morgan fingerprint density at radius 1 is 1.03 bits per heavy atom. The van der Waals surface area contributed by atoms with E-state index >= 15 is 0 Å². The molecule has 0 aliphatic carbocycles. The highest BCUT2D eigenvalue weighted by Crippen LogP contribution is 2.30. The zero-order chi connectivity index (χ0) is 24.9. The quantitative estimate of drug-likeness (QED) is 0.541. The van der Waals surface area contributed by atoms with E-state index in [1.54, 1.807) is 62.9 Å². The number of carbonyl (C=O) groups excluding carboxylic acids is 3. The van der Waals surface area contributed by atoms with Gasteiger partial charge in [-0.3, -0.25) is 9.59 Å². The molecule has 2 aromatic carbocycles. The molecule has 0 bridgehead atoms. The molecule has 9 heteroatoms. The Morgan fingerprint density at radius 2 is 1.68 bits per heavy atom. The number of benzene rings is 2. The number of halogens is 1. The van der Waals surface area contributed by atoms with Crippen LogP contribution in [0.3, 0.4) is 0 Å². The second-order valence-corrected chi connectivity index (χ2v) is 9.38. The van der Waals surface area contributed by atoms with Gasteiger partial charge in [-0.15, -0.1) is 0 Å². The third-order valence-electron chi connectivity index (χ3n) is 5.56. The van der Waals surface area contributed by atoms with E-state index in [2.05, 4.69) is 26.1 Å². The van der Waals surface area contributed by atoms with Gasteiger partial charge in [-0.25, -0.2) is 4.79 Å². The van der Waals surface area contributed by atoms with Crippen molar-refractivity contribution in [1.29, 1.82) is 0 Å². The molecular formula is C25H30BrN3O5. The molecule has 1 aliphatic rings. The number of nitrogens with zero attached hydrogens (tertiary/aromatic N) is 2. The molecule has 0 unspecified atom stereocenters. The Balaban J connectivity index is 1.85. The molecule has 0 saturated carbocycles. The molecule has 0 aromatic heterocycles.